The fourth-order valence-electron chi connectivity index (χ4n) is 3.04. The molecule has 0 radical (unpaired) electrons. The Bertz CT molecular complexity index is 1320. The summed E-state index contributed by atoms with van der Waals surface area (Å²) in [5, 5.41) is 6.10. The monoisotopic (exact) mass is 520 g/mol. The second-order valence-corrected chi connectivity index (χ2v) is 9.39. The van der Waals surface area contributed by atoms with E-state index in [9.17, 15) is 14.4 Å². The van der Waals surface area contributed by atoms with E-state index in [1.165, 1.54) is 17.4 Å². The number of carbonyl (C=O) groups excluding carboxylic acids is 3. The number of aromatic nitrogens is 1. The van der Waals surface area contributed by atoms with Gasteiger partial charge < -0.3 is 5.32 Å². The van der Waals surface area contributed by atoms with Crippen LogP contribution in [0.5, 0.6) is 0 Å². The third-order valence-corrected chi connectivity index (χ3v) is 7.01. The molecule has 1 aliphatic heterocycles. The molecule has 1 aromatic heterocycles. The van der Waals surface area contributed by atoms with Crippen molar-refractivity contribution in [3.8, 4) is 0 Å². The number of nitrogens with one attached hydrogen (secondary N) is 2. The molecular formula is C22H15Cl3N4O3S. The maximum Gasteiger partial charge on any atom is 0.283 e. The van der Waals surface area contributed by atoms with E-state index in [1.807, 2.05) is 13.8 Å². The van der Waals surface area contributed by atoms with Crippen LogP contribution in [0.3, 0.4) is 0 Å². The Kier molecular flexibility index (Phi) is 6.45. The van der Waals surface area contributed by atoms with E-state index in [4.69, 9.17) is 34.8 Å². The number of carbonyl (C=O) groups is 3. The summed E-state index contributed by atoms with van der Waals surface area (Å²) < 4.78 is 0. The van der Waals surface area contributed by atoms with Crippen LogP contribution < -0.4 is 15.5 Å². The summed E-state index contributed by atoms with van der Waals surface area (Å²) in [6.07, 6.45) is 0. The van der Waals surface area contributed by atoms with Gasteiger partial charge in [0, 0.05) is 16.1 Å². The predicted molar refractivity (Wildman–Crippen MR) is 131 cm³/mol. The van der Waals surface area contributed by atoms with Crippen molar-refractivity contribution in [1.82, 2.24) is 4.98 Å². The molecule has 11 heteroatoms. The molecule has 3 amide bonds. The zero-order valence-corrected chi connectivity index (χ0v) is 20.3. The maximum atomic E-state index is 12.9. The highest BCUT2D eigenvalue weighted by atomic mass is 35.5. The van der Waals surface area contributed by atoms with Gasteiger partial charge in [0.1, 0.15) is 10.7 Å². The van der Waals surface area contributed by atoms with Crippen molar-refractivity contribution in [2.24, 2.45) is 0 Å². The van der Waals surface area contributed by atoms with Crippen molar-refractivity contribution in [2.45, 2.75) is 13.8 Å². The lowest BCUT2D eigenvalue weighted by Crippen LogP contribution is -2.32. The average Bonchev–Trinajstić information content (AvgIpc) is 3.20. The van der Waals surface area contributed by atoms with Gasteiger partial charge in [-0.05, 0) is 50.2 Å². The number of amides is 3. The molecule has 7 nitrogen and oxygen atoms in total. The number of imide groups is 1. The highest BCUT2D eigenvalue weighted by molar-refractivity contribution is 7.15. The van der Waals surface area contributed by atoms with Crippen molar-refractivity contribution in [1.29, 1.82) is 0 Å². The molecule has 3 aromatic rings. The van der Waals surface area contributed by atoms with Gasteiger partial charge in [0.15, 0.2) is 5.13 Å². The van der Waals surface area contributed by atoms with Crippen LogP contribution in [0.25, 0.3) is 0 Å². The van der Waals surface area contributed by atoms with Crippen LogP contribution in [0.15, 0.2) is 53.2 Å². The van der Waals surface area contributed by atoms with Crippen LogP contribution in [0.2, 0.25) is 10.0 Å². The number of aryl methyl sites for hydroxylation is 2. The molecule has 2 aromatic carbocycles. The molecule has 0 atom stereocenters. The highest BCUT2D eigenvalue weighted by Crippen LogP contribution is 2.37. The minimum atomic E-state index is -0.724. The van der Waals surface area contributed by atoms with E-state index in [-0.39, 0.29) is 32.4 Å². The normalized spacial score (nSPS) is 13.7. The van der Waals surface area contributed by atoms with Crippen molar-refractivity contribution in [3.05, 3.63) is 79.4 Å². The summed E-state index contributed by atoms with van der Waals surface area (Å²) >= 11 is 19.7. The van der Waals surface area contributed by atoms with E-state index < -0.39 is 11.8 Å². The second-order valence-electron chi connectivity index (χ2n) is 7.02. The van der Waals surface area contributed by atoms with Gasteiger partial charge in [-0.15, -0.1) is 11.3 Å². The molecule has 0 saturated carbocycles. The third-order valence-electron chi connectivity index (χ3n) is 4.86. The number of hydrogen-bond donors (Lipinski definition) is 2. The summed E-state index contributed by atoms with van der Waals surface area (Å²) in [6.45, 7) is 3.80. The van der Waals surface area contributed by atoms with E-state index in [0.29, 0.717) is 16.4 Å². The van der Waals surface area contributed by atoms with E-state index in [0.717, 1.165) is 15.5 Å². The first kappa shape index (κ1) is 23.3. The number of halogens is 3. The first-order valence-corrected chi connectivity index (χ1v) is 11.5. The fourth-order valence-corrected chi connectivity index (χ4v) is 4.44. The molecule has 2 heterocycles. The number of nitrogens with zero attached hydrogens (tertiary/aromatic N) is 2. The highest BCUT2D eigenvalue weighted by Gasteiger charge is 2.40. The van der Waals surface area contributed by atoms with Gasteiger partial charge in [0.05, 0.1) is 21.4 Å². The Morgan fingerprint density at radius 2 is 1.70 bits per heavy atom. The molecular weight excluding hydrogens is 507 g/mol. The van der Waals surface area contributed by atoms with Gasteiger partial charge in [-0.3, -0.25) is 19.7 Å². The molecule has 0 unspecified atom stereocenters. The second kappa shape index (κ2) is 9.15. The number of rotatable bonds is 5. The van der Waals surface area contributed by atoms with Gasteiger partial charge in [0.25, 0.3) is 17.7 Å². The molecule has 1 aliphatic rings. The maximum absolute atomic E-state index is 12.9. The Labute approximate surface area is 208 Å². The molecule has 168 valence electrons. The summed E-state index contributed by atoms with van der Waals surface area (Å²) in [4.78, 5) is 44.2. The molecule has 0 bridgehead atoms. The minimum absolute atomic E-state index is 0.0626. The first-order chi connectivity index (χ1) is 15.7. The first-order valence-electron chi connectivity index (χ1n) is 9.52. The molecule has 0 spiro atoms. The van der Waals surface area contributed by atoms with Gasteiger partial charge in [0.2, 0.25) is 0 Å². The van der Waals surface area contributed by atoms with Gasteiger partial charge >= 0.3 is 0 Å². The molecule has 4 rings (SSSR count). The largest absolute Gasteiger partial charge is 0.350 e. The van der Waals surface area contributed by atoms with Crippen LogP contribution in [-0.2, 0) is 9.59 Å². The smallest absolute Gasteiger partial charge is 0.283 e. The SMILES string of the molecule is Cc1nc(NC(=O)c2ccc(NC3=C(Cl)C(=O)N(c4cccc(Cl)c4Cl)C3=O)cc2)sc1C. The van der Waals surface area contributed by atoms with Crippen LogP contribution in [-0.4, -0.2) is 22.7 Å². The zero-order chi connectivity index (χ0) is 23.9. The van der Waals surface area contributed by atoms with Crippen molar-refractivity contribution in [3.63, 3.8) is 0 Å². The number of hydrogen-bond acceptors (Lipinski definition) is 6. The lowest BCUT2D eigenvalue weighted by molar-refractivity contribution is -0.120. The van der Waals surface area contributed by atoms with Gasteiger partial charge in [-0.1, -0.05) is 40.9 Å². The van der Waals surface area contributed by atoms with Gasteiger partial charge in [-0.2, -0.15) is 0 Å². The van der Waals surface area contributed by atoms with Gasteiger partial charge in [-0.25, -0.2) is 9.88 Å². The average molecular weight is 522 g/mol. The summed E-state index contributed by atoms with van der Waals surface area (Å²) in [5.74, 6) is -1.72. The molecule has 2 N–H and O–H groups in total. The number of anilines is 3. The molecule has 0 aliphatic carbocycles. The van der Waals surface area contributed by atoms with Crippen LogP contribution in [0.1, 0.15) is 20.9 Å². The fraction of sp³-hybridized carbons (Fsp3) is 0.0909. The Balaban J connectivity index is 1.50. The van der Waals surface area contributed by atoms with Crippen LogP contribution >= 0.6 is 46.1 Å². The minimum Gasteiger partial charge on any atom is -0.350 e. The van der Waals surface area contributed by atoms with E-state index >= 15 is 0 Å². The standard InChI is InChI=1S/C22H15Cl3N4O3S/c1-10-11(2)33-22(26-10)28-19(30)12-6-8-13(9-7-12)27-18-17(25)20(31)29(21(18)32)15-5-3-4-14(23)16(15)24/h3-9,27H,1-2H3,(H,26,28,30). The van der Waals surface area contributed by atoms with E-state index in [2.05, 4.69) is 15.6 Å². The topological polar surface area (TPSA) is 91.4 Å². The summed E-state index contributed by atoms with van der Waals surface area (Å²) in [7, 11) is 0. The van der Waals surface area contributed by atoms with E-state index in [1.54, 1.807) is 36.4 Å². The number of thiazole rings is 1. The quantitative estimate of drug-likeness (QED) is 0.417. The Hall–Kier alpha value is -2.91. The van der Waals surface area contributed by atoms with Crippen LogP contribution in [0, 0.1) is 13.8 Å². The molecule has 0 saturated heterocycles. The number of benzene rings is 2. The third kappa shape index (κ3) is 4.47. The van der Waals surface area contributed by atoms with Crippen LogP contribution in [0.4, 0.5) is 16.5 Å². The summed E-state index contributed by atoms with van der Waals surface area (Å²) in [6, 6.07) is 11.0. The Morgan fingerprint density at radius 3 is 2.33 bits per heavy atom. The lowest BCUT2D eigenvalue weighted by atomic mass is 10.2. The van der Waals surface area contributed by atoms with Crippen molar-refractivity contribution < 1.29 is 14.4 Å². The summed E-state index contributed by atoms with van der Waals surface area (Å²) in [5.41, 5.74) is 1.74. The Morgan fingerprint density at radius 1 is 1.00 bits per heavy atom. The molecule has 0 fully saturated rings. The predicted octanol–water partition coefficient (Wildman–Crippen LogP) is 5.75. The van der Waals surface area contributed by atoms with Crippen molar-refractivity contribution in [2.75, 3.05) is 15.5 Å². The molecule has 33 heavy (non-hydrogen) atoms. The lowest BCUT2D eigenvalue weighted by Gasteiger charge is -2.17. The van der Waals surface area contributed by atoms with Crippen molar-refractivity contribution >= 4 is 80.4 Å². The zero-order valence-electron chi connectivity index (χ0n) is 17.2.